The predicted molar refractivity (Wildman–Crippen MR) is 57.3 cm³/mol. The molecule has 2 nitrogen and oxygen atoms in total. The third kappa shape index (κ3) is 3.48. The second-order valence-electron chi connectivity index (χ2n) is 3.23. The van der Waals surface area contributed by atoms with E-state index < -0.39 is 0 Å². The van der Waals surface area contributed by atoms with Crippen molar-refractivity contribution in [2.24, 2.45) is 7.05 Å². The van der Waals surface area contributed by atoms with Crippen LogP contribution in [0.4, 0.5) is 0 Å². The van der Waals surface area contributed by atoms with Crippen LogP contribution < -0.4 is 4.57 Å². The summed E-state index contributed by atoms with van der Waals surface area (Å²) in [4.78, 5) is 0. The molecule has 0 unspecified atom stereocenters. The summed E-state index contributed by atoms with van der Waals surface area (Å²) < 4.78 is 4.13. The van der Waals surface area contributed by atoms with E-state index >= 15 is 0 Å². The molecule has 13 heavy (non-hydrogen) atoms. The fourth-order valence-corrected chi connectivity index (χ4v) is 2.94. The Labute approximate surface area is 82.3 Å². The van der Waals surface area contributed by atoms with Crippen molar-refractivity contribution >= 4 is 7.92 Å². The molecule has 3 heteroatoms. The molecule has 0 N–H and O–H groups in total. The normalized spacial score (nSPS) is 11.1. The van der Waals surface area contributed by atoms with Gasteiger partial charge in [-0.2, -0.15) is 0 Å². The average Bonchev–Trinajstić information content (AvgIpc) is 2.53. The van der Waals surface area contributed by atoms with Crippen LogP contribution in [-0.2, 0) is 13.6 Å². The van der Waals surface area contributed by atoms with E-state index in [2.05, 4.69) is 30.9 Å². The highest BCUT2D eigenvalue weighted by atomic mass is 31.1. The standard InChI is InChI=1S/C10H19N2P/c1-4-13(5-2)9-8-12-7-6-11(3)10-12/h6-7H,4-5,8-9H2,1-3H3. The zero-order valence-corrected chi connectivity index (χ0v) is 9.72. The molecule has 1 rings (SSSR count). The zero-order chi connectivity index (χ0) is 9.68. The molecule has 0 bridgehead atoms. The molecule has 0 saturated carbocycles. The Bertz CT molecular complexity index is 241. The van der Waals surface area contributed by atoms with Crippen LogP contribution in [0.25, 0.3) is 0 Å². The van der Waals surface area contributed by atoms with Gasteiger partial charge in [-0.25, -0.2) is 0 Å². The van der Waals surface area contributed by atoms with Crippen LogP contribution in [0.3, 0.4) is 0 Å². The maximum absolute atomic E-state index is 3.22. The lowest BCUT2D eigenvalue weighted by Crippen LogP contribution is -2.33. The zero-order valence-electron chi connectivity index (χ0n) is 8.82. The Morgan fingerprint density at radius 1 is 1.38 bits per heavy atom. The lowest BCUT2D eigenvalue weighted by Gasteiger charge is -2.11. The Hall–Kier alpha value is -0.360. The van der Waals surface area contributed by atoms with E-state index in [1.54, 1.807) is 0 Å². The smallest absolute Gasteiger partial charge is 0.203 e. The first-order valence-electron chi connectivity index (χ1n) is 4.92. The van der Waals surface area contributed by atoms with Crippen molar-refractivity contribution in [2.45, 2.75) is 20.4 Å². The van der Waals surface area contributed by atoms with Crippen LogP contribution in [0, 0.1) is 6.33 Å². The second-order valence-corrected chi connectivity index (χ2v) is 6.28. The van der Waals surface area contributed by atoms with Gasteiger partial charge >= 0.3 is 0 Å². The molecule has 0 aromatic carbocycles. The van der Waals surface area contributed by atoms with Crippen molar-refractivity contribution in [2.75, 3.05) is 18.5 Å². The summed E-state index contributed by atoms with van der Waals surface area (Å²) in [6.07, 6.45) is 11.4. The number of nitrogens with zero attached hydrogens (tertiary/aromatic N) is 2. The minimum atomic E-state index is 0.279. The van der Waals surface area contributed by atoms with Gasteiger partial charge in [0.25, 0.3) is 0 Å². The van der Waals surface area contributed by atoms with Crippen molar-refractivity contribution in [3.8, 4) is 0 Å². The first-order valence-corrected chi connectivity index (χ1v) is 6.82. The molecule has 0 aliphatic rings. The van der Waals surface area contributed by atoms with Crippen LogP contribution in [-0.4, -0.2) is 23.1 Å². The molecule has 1 aromatic heterocycles. The van der Waals surface area contributed by atoms with Crippen LogP contribution in [0.1, 0.15) is 13.8 Å². The van der Waals surface area contributed by atoms with Crippen LogP contribution in [0.5, 0.6) is 0 Å². The largest absolute Gasteiger partial charge is 0.354 e. The molecule has 0 saturated heterocycles. The van der Waals surface area contributed by atoms with Gasteiger partial charge in [-0.15, -0.1) is 7.92 Å². The van der Waals surface area contributed by atoms with Gasteiger partial charge in [0.1, 0.15) is 0 Å². The Morgan fingerprint density at radius 2 is 2.08 bits per heavy atom. The first-order chi connectivity index (χ1) is 6.26. The van der Waals surface area contributed by atoms with E-state index in [-0.39, 0.29) is 7.92 Å². The summed E-state index contributed by atoms with van der Waals surface area (Å²) >= 11 is 0. The van der Waals surface area contributed by atoms with E-state index in [0.717, 1.165) is 6.54 Å². The lowest BCUT2D eigenvalue weighted by atomic mass is 10.7. The number of aryl methyl sites for hydroxylation is 2. The maximum atomic E-state index is 3.22. The van der Waals surface area contributed by atoms with Gasteiger partial charge < -0.3 is 9.13 Å². The summed E-state index contributed by atoms with van der Waals surface area (Å²) in [6, 6.07) is 0. The number of imidazole rings is 1. The third-order valence-corrected chi connectivity index (χ3v) is 4.93. The van der Waals surface area contributed by atoms with Crippen molar-refractivity contribution in [3.63, 3.8) is 0 Å². The monoisotopic (exact) mass is 198 g/mol. The lowest BCUT2D eigenvalue weighted by molar-refractivity contribution is -0.696. The van der Waals surface area contributed by atoms with Gasteiger partial charge in [-0.1, -0.05) is 13.8 Å². The molecule has 0 atom stereocenters. The molecule has 0 fully saturated rings. The molecule has 0 aliphatic heterocycles. The van der Waals surface area contributed by atoms with E-state index in [9.17, 15) is 0 Å². The van der Waals surface area contributed by atoms with Gasteiger partial charge in [-0.3, -0.25) is 0 Å². The summed E-state index contributed by atoms with van der Waals surface area (Å²) in [5.41, 5.74) is 0. The highest BCUT2D eigenvalue weighted by Gasteiger charge is 2.02. The molecule has 0 spiro atoms. The summed E-state index contributed by atoms with van der Waals surface area (Å²) in [5, 5.41) is 0. The fraction of sp³-hybridized carbons (Fsp3) is 0.700. The van der Waals surface area contributed by atoms with Crippen molar-refractivity contribution in [1.29, 1.82) is 0 Å². The van der Waals surface area contributed by atoms with Crippen LogP contribution >= 0.6 is 7.92 Å². The van der Waals surface area contributed by atoms with Crippen molar-refractivity contribution < 1.29 is 4.57 Å². The topological polar surface area (TPSA) is 8.81 Å². The van der Waals surface area contributed by atoms with Gasteiger partial charge in [-0.05, 0) is 24.7 Å². The number of hydrogen-bond acceptors (Lipinski definition) is 0. The second kappa shape index (κ2) is 5.39. The summed E-state index contributed by atoms with van der Waals surface area (Å²) in [6.45, 7) is 5.73. The predicted octanol–water partition coefficient (Wildman–Crippen LogP) is 1.63. The quantitative estimate of drug-likeness (QED) is 0.386. The molecule has 1 aromatic rings. The van der Waals surface area contributed by atoms with Gasteiger partial charge in [0.2, 0.25) is 6.33 Å². The molecule has 0 amide bonds. The molecular weight excluding hydrogens is 179 g/mol. The Kier molecular flexibility index (Phi) is 4.44. The maximum Gasteiger partial charge on any atom is 0.203 e. The number of rotatable bonds is 5. The average molecular weight is 198 g/mol. The highest BCUT2D eigenvalue weighted by molar-refractivity contribution is 7.57. The van der Waals surface area contributed by atoms with Gasteiger partial charge in [0, 0.05) is 6.16 Å². The van der Waals surface area contributed by atoms with Crippen LogP contribution in [0.15, 0.2) is 12.4 Å². The summed E-state index contributed by atoms with van der Waals surface area (Å²) in [7, 11) is 2.29. The Morgan fingerprint density at radius 3 is 2.54 bits per heavy atom. The van der Waals surface area contributed by atoms with Crippen molar-refractivity contribution in [3.05, 3.63) is 18.7 Å². The molecule has 0 aliphatic carbocycles. The Balaban J connectivity index is 2.33. The van der Waals surface area contributed by atoms with E-state index in [1.165, 1.54) is 18.5 Å². The van der Waals surface area contributed by atoms with Crippen molar-refractivity contribution in [1.82, 2.24) is 4.57 Å². The van der Waals surface area contributed by atoms with E-state index in [0.29, 0.717) is 0 Å². The minimum Gasteiger partial charge on any atom is -0.354 e. The van der Waals surface area contributed by atoms with Gasteiger partial charge in [0.05, 0.1) is 13.6 Å². The number of aromatic nitrogens is 2. The van der Waals surface area contributed by atoms with Crippen LogP contribution in [0.2, 0.25) is 0 Å². The third-order valence-electron chi connectivity index (χ3n) is 2.31. The fourth-order valence-electron chi connectivity index (χ4n) is 1.36. The molecule has 74 valence electrons. The minimum absolute atomic E-state index is 0.279. The number of hydrogen-bond donors (Lipinski definition) is 0. The summed E-state index contributed by atoms with van der Waals surface area (Å²) in [5.74, 6) is 0. The molecule has 0 radical (unpaired) electrons. The molecular formula is C10H19N2P. The highest BCUT2D eigenvalue weighted by Crippen LogP contribution is 2.33. The molecule has 1 heterocycles. The SMILES string of the molecule is CCP(CC)CC[n+]1[c-]n(C)cc1. The van der Waals surface area contributed by atoms with Gasteiger partial charge in [0.15, 0.2) is 0 Å². The van der Waals surface area contributed by atoms with E-state index in [4.69, 9.17) is 0 Å². The first kappa shape index (κ1) is 10.7. The van der Waals surface area contributed by atoms with E-state index in [1.807, 2.05) is 17.8 Å².